The first-order valence-electron chi connectivity index (χ1n) is 30.5. The van der Waals surface area contributed by atoms with Gasteiger partial charge < -0.3 is 14.2 Å². The molecule has 0 aromatic carbocycles. The van der Waals surface area contributed by atoms with Crippen LogP contribution < -0.4 is 0 Å². The largest absolute Gasteiger partial charge is 0.462 e. The maximum atomic E-state index is 12.9. The van der Waals surface area contributed by atoms with E-state index < -0.39 is 6.10 Å². The topological polar surface area (TPSA) is 78.9 Å². The summed E-state index contributed by atoms with van der Waals surface area (Å²) in [5, 5.41) is 0. The fraction of sp³-hybridized carbons (Fsp3) is 0.857. The first-order chi connectivity index (χ1) is 34.0. The van der Waals surface area contributed by atoms with E-state index in [0.29, 0.717) is 19.3 Å². The van der Waals surface area contributed by atoms with E-state index in [1.165, 1.54) is 218 Å². The molecule has 0 aliphatic carbocycles. The van der Waals surface area contributed by atoms with Crippen LogP contribution in [-0.2, 0) is 28.6 Å². The Kier molecular flexibility index (Phi) is 56.2. The molecule has 0 aromatic heterocycles. The highest BCUT2D eigenvalue weighted by atomic mass is 16.6. The number of rotatable bonds is 56. The zero-order chi connectivity index (χ0) is 50.0. The van der Waals surface area contributed by atoms with Gasteiger partial charge in [-0.2, -0.15) is 0 Å². The molecule has 0 saturated heterocycles. The third-order valence-corrected chi connectivity index (χ3v) is 13.6. The molecule has 1 atom stereocenters. The molecule has 0 unspecified atom stereocenters. The molecule has 0 aliphatic heterocycles. The van der Waals surface area contributed by atoms with Gasteiger partial charge in [-0.25, -0.2) is 0 Å². The lowest BCUT2D eigenvalue weighted by atomic mass is 10.0. The van der Waals surface area contributed by atoms with Crippen LogP contribution in [0.1, 0.15) is 329 Å². The molecular weight excluding hydrogens is 853 g/mol. The van der Waals surface area contributed by atoms with Gasteiger partial charge in [-0.3, -0.25) is 14.4 Å². The molecular formula is C63H116O6. The molecule has 0 aromatic rings. The summed E-state index contributed by atoms with van der Waals surface area (Å²) in [5.74, 6) is -0.861. The third kappa shape index (κ3) is 56.4. The molecule has 0 rings (SSSR count). The molecule has 0 radical (unpaired) electrons. The van der Waals surface area contributed by atoms with Crippen molar-refractivity contribution in [3.8, 4) is 0 Å². The van der Waals surface area contributed by atoms with Crippen molar-refractivity contribution in [3.63, 3.8) is 0 Å². The average molecular weight is 970 g/mol. The number of unbranched alkanes of at least 4 members (excludes halogenated alkanes) is 39. The Morgan fingerprint density at radius 1 is 0.290 bits per heavy atom. The first-order valence-corrected chi connectivity index (χ1v) is 30.5. The van der Waals surface area contributed by atoms with E-state index >= 15 is 0 Å². The summed E-state index contributed by atoms with van der Waals surface area (Å²) in [7, 11) is 0. The van der Waals surface area contributed by atoms with E-state index in [1.807, 2.05) is 0 Å². The van der Waals surface area contributed by atoms with Gasteiger partial charge >= 0.3 is 17.9 Å². The minimum absolute atomic E-state index is 0.0719. The lowest BCUT2D eigenvalue weighted by molar-refractivity contribution is -0.167. The van der Waals surface area contributed by atoms with Crippen molar-refractivity contribution in [2.75, 3.05) is 13.2 Å². The maximum absolute atomic E-state index is 12.9. The Morgan fingerprint density at radius 2 is 0.522 bits per heavy atom. The predicted octanol–water partition coefficient (Wildman–Crippen LogP) is 20.4. The molecule has 69 heavy (non-hydrogen) atoms. The second-order valence-electron chi connectivity index (χ2n) is 20.6. The van der Waals surface area contributed by atoms with Crippen molar-refractivity contribution in [1.29, 1.82) is 0 Å². The summed E-state index contributed by atoms with van der Waals surface area (Å²) in [4.78, 5) is 38.2. The van der Waals surface area contributed by atoms with E-state index in [0.717, 1.165) is 70.6 Å². The van der Waals surface area contributed by atoms with Gasteiger partial charge in [0.2, 0.25) is 0 Å². The van der Waals surface area contributed by atoms with E-state index in [2.05, 4.69) is 57.2 Å². The lowest BCUT2D eigenvalue weighted by Crippen LogP contribution is -2.30. The van der Waals surface area contributed by atoms with Gasteiger partial charge in [0.25, 0.3) is 0 Å². The summed E-state index contributed by atoms with van der Waals surface area (Å²) in [5.41, 5.74) is 0. The molecule has 0 heterocycles. The first kappa shape index (κ1) is 66.6. The van der Waals surface area contributed by atoms with E-state index in [9.17, 15) is 14.4 Å². The molecule has 0 fully saturated rings. The third-order valence-electron chi connectivity index (χ3n) is 13.6. The second-order valence-corrected chi connectivity index (χ2v) is 20.6. The highest BCUT2D eigenvalue weighted by Crippen LogP contribution is 2.17. The number of hydrogen-bond donors (Lipinski definition) is 0. The fourth-order valence-corrected chi connectivity index (χ4v) is 9.00. The Morgan fingerprint density at radius 3 is 0.841 bits per heavy atom. The smallest absolute Gasteiger partial charge is 0.306 e. The predicted molar refractivity (Wildman–Crippen MR) is 298 cm³/mol. The minimum Gasteiger partial charge on any atom is -0.462 e. The van der Waals surface area contributed by atoms with Crippen molar-refractivity contribution in [3.05, 3.63) is 36.5 Å². The number of carbonyl (C=O) groups is 3. The van der Waals surface area contributed by atoms with Gasteiger partial charge in [-0.05, 0) is 77.0 Å². The molecule has 0 spiro atoms. The number of carbonyl (C=O) groups excluding carboxylic acids is 3. The Hall–Kier alpha value is -2.37. The van der Waals surface area contributed by atoms with Gasteiger partial charge in [0, 0.05) is 19.3 Å². The molecule has 0 amide bonds. The summed E-state index contributed by atoms with van der Waals surface area (Å²) < 4.78 is 16.9. The van der Waals surface area contributed by atoms with Crippen LogP contribution in [0.2, 0.25) is 0 Å². The average Bonchev–Trinajstić information content (AvgIpc) is 3.35. The van der Waals surface area contributed by atoms with Gasteiger partial charge in [-0.15, -0.1) is 0 Å². The molecule has 0 aliphatic rings. The second kappa shape index (κ2) is 58.2. The van der Waals surface area contributed by atoms with Crippen molar-refractivity contribution < 1.29 is 28.6 Å². The van der Waals surface area contributed by atoms with Crippen LogP contribution in [0.25, 0.3) is 0 Å². The van der Waals surface area contributed by atoms with Gasteiger partial charge in [0.15, 0.2) is 6.10 Å². The standard InChI is InChI=1S/C63H116O6/c1-4-7-10-13-16-19-22-25-28-30-31-33-35-38-41-44-47-50-53-56-62(65)68-59-60(58-67-61(64)55-52-49-46-43-40-37-34-27-24-21-18-15-12-9-6-3)69-63(66)57-54-51-48-45-42-39-36-32-29-26-23-20-17-14-11-8-5-2/h17,20,25-26,28-29,60H,4-16,18-19,21-24,27,30-59H2,1-3H3/b20-17-,28-25-,29-26-/t60-/m1/s1. The normalized spacial score (nSPS) is 12.2. The summed E-state index contributed by atoms with van der Waals surface area (Å²) in [6.07, 6.45) is 69.9. The zero-order valence-electron chi connectivity index (χ0n) is 46.3. The summed E-state index contributed by atoms with van der Waals surface area (Å²) in [6, 6.07) is 0. The Bertz CT molecular complexity index is 1160. The van der Waals surface area contributed by atoms with Crippen LogP contribution in [0.15, 0.2) is 36.5 Å². The number of ether oxygens (including phenoxy) is 3. The molecule has 6 heteroatoms. The maximum Gasteiger partial charge on any atom is 0.306 e. The van der Waals surface area contributed by atoms with Gasteiger partial charge in [0.05, 0.1) is 0 Å². The molecule has 0 bridgehead atoms. The van der Waals surface area contributed by atoms with Gasteiger partial charge in [0.1, 0.15) is 13.2 Å². The van der Waals surface area contributed by atoms with E-state index in [4.69, 9.17) is 14.2 Å². The monoisotopic (exact) mass is 969 g/mol. The highest BCUT2D eigenvalue weighted by Gasteiger charge is 2.19. The SMILES string of the molecule is CCCCC/C=C\C/C=C\CCCCCCCCCC(=O)O[C@@H](COC(=O)CCCCCCCCCCC/C=C\CCCCCCCC)COC(=O)CCCCCCCCCCCCCCCCC. The fourth-order valence-electron chi connectivity index (χ4n) is 9.00. The lowest BCUT2D eigenvalue weighted by Gasteiger charge is -2.18. The molecule has 404 valence electrons. The van der Waals surface area contributed by atoms with Crippen LogP contribution in [0, 0.1) is 0 Å². The summed E-state index contributed by atoms with van der Waals surface area (Å²) >= 11 is 0. The van der Waals surface area contributed by atoms with E-state index in [1.54, 1.807) is 0 Å². The Labute approximate surface area is 429 Å². The van der Waals surface area contributed by atoms with Crippen LogP contribution in [0.3, 0.4) is 0 Å². The van der Waals surface area contributed by atoms with Crippen LogP contribution in [0.4, 0.5) is 0 Å². The highest BCUT2D eigenvalue weighted by molar-refractivity contribution is 5.71. The van der Waals surface area contributed by atoms with E-state index in [-0.39, 0.29) is 31.1 Å². The van der Waals surface area contributed by atoms with Crippen LogP contribution in [-0.4, -0.2) is 37.2 Å². The van der Waals surface area contributed by atoms with Crippen molar-refractivity contribution in [2.24, 2.45) is 0 Å². The van der Waals surface area contributed by atoms with Crippen LogP contribution >= 0.6 is 0 Å². The Balaban J connectivity index is 4.34. The minimum atomic E-state index is -0.775. The van der Waals surface area contributed by atoms with Crippen molar-refractivity contribution in [1.82, 2.24) is 0 Å². The molecule has 0 saturated carbocycles. The van der Waals surface area contributed by atoms with Crippen molar-refractivity contribution in [2.45, 2.75) is 335 Å². The molecule has 6 nitrogen and oxygen atoms in total. The van der Waals surface area contributed by atoms with Crippen LogP contribution in [0.5, 0.6) is 0 Å². The number of allylic oxidation sites excluding steroid dienone is 6. The van der Waals surface area contributed by atoms with Gasteiger partial charge in [-0.1, -0.05) is 269 Å². The number of hydrogen-bond acceptors (Lipinski definition) is 6. The quantitative estimate of drug-likeness (QED) is 0.0261. The number of esters is 3. The van der Waals surface area contributed by atoms with Crippen molar-refractivity contribution >= 4 is 17.9 Å². The molecule has 0 N–H and O–H groups in total. The zero-order valence-corrected chi connectivity index (χ0v) is 46.3. The summed E-state index contributed by atoms with van der Waals surface area (Å²) in [6.45, 7) is 6.65.